The Hall–Kier alpha value is -4.30. The highest BCUT2D eigenvalue weighted by molar-refractivity contribution is 7.44. The second kappa shape index (κ2) is 19.0. The predicted octanol–water partition coefficient (Wildman–Crippen LogP) is 7.17. The number of rotatable bonds is 19. The van der Waals surface area contributed by atoms with Crippen LogP contribution in [0.3, 0.4) is 0 Å². The predicted molar refractivity (Wildman–Crippen MR) is 204 cm³/mol. The van der Waals surface area contributed by atoms with Gasteiger partial charge in [-0.15, -0.1) is 0 Å². The van der Waals surface area contributed by atoms with E-state index in [1.165, 1.54) is 4.57 Å². The van der Waals surface area contributed by atoms with Gasteiger partial charge in [0.05, 0.1) is 46.0 Å². The lowest BCUT2D eigenvalue weighted by molar-refractivity contribution is -0.0363. The molecule has 3 aromatic carbocycles. The van der Waals surface area contributed by atoms with Gasteiger partial charge in [0.15, 0.2) is 0 Å². The summed E-state index contributed by atoms with van der Waals surface area (Å²) in [6, 6.07) is 27.9. The molecule has 1 aromatic heterocycles. The number of nitrogens with zero attached hydrogens (tertiary/aromatic N) is 3. The van der Waals surface area contributed by atoms with Crippen molar-refractivity contribution in [2.24, 2.45) is 5.92 Å². The minimum atomic E-state index is -1.61. The number of ether oxygens (including phenoxy) is 3. The molecule has 0 bridgehead atoms. The van der Waals surface area contributed by atoms with E-state index in [1.54, 1.807) is 27.3 Å². The Morgan fingerprint density at radius 2 is 1.38 bits per heavy atom. The Bertz CT molecular complexity index is 1800. The number of nitrogens with one attached hydrogen (secondary N) is 1. The maximum Gasteiger partial charge on any atom is 0.328 e. The van der Waals surface area contributed by atoms with E-state index in [9.17, 15) is 14.9 Å². The normalized spacial score (nSPS) is 13.6. The van der Waals surface area contributed by atoms with Crippen molar-refractivity contribution < 1.29 is 23.3 Å². The molecule has 278 valence electrons. The lowest BCUT2D eigenvalue weighted by atomic mass is 9.79. The summed E-state index contributed by atoms with van der Waals surface area (Å²) in [6.07, 6.45) is 1.29. The van der Waals surface area contributed by atoms with E-state index >= 15 is 0 Å². The van der Waals surface area contributed by atoms with E-state index in [4.69, 9.17) is 23.3 Å². The first-order valence-electron chi connectivity index (χ1n) is 17.5. The number of methoxy groups -OCH3 is 2. The molecule has 0 spiro atoms. The van der Waals surface area contributed by atoms with Crippen molar-refractivity contribution in [3.63, 3.8) is 0 Å². The highest BCUT2D eigenvalue weighted by atomic mass is 31.2. The van der Waals surface area contributed by atoms with Crippen LogP contribution in [0.5, 0.6) is 11.5 Å². The van der Waals surface area contributed by atoms with Gasteiger partial charge in [-0.3, -0.25) is 14.3 Å². The SMILES string of the molecule is COc1ccc(C(OC[C@@H](Cn2cc(C)c(=O)[nH]c2=O)[C@@H](C)OP(OCCC#N)N(C(C)C)C(C)C)(c2ccccc2)c2ccc(OC)cc2)cc1. The molecule has 0 saturated carbocycles. The van der Waals surface area contributed by atoms with Crippen molar-refractivity contribution >= 4 is 8.53 Å². The van der Waals surface area contributed by atoms with Gasteiger partial charge in [-0.2, -0.15) is 5.26 Å². The van der Waals surface area contributed by atoms with E-state index in [-0.39, 0.29) is 38.3 Å². The standard InChI is InChI=1S/C40H51N4O7P/c1-28(2)44(29(3)4)52(50-24-12-23-41)51-31(6)32(26-43-25-30(5)38(45)42-39(43)46)27-49-40(33-13-10-9-11-14-33,34-15-19-36(47-7)20-16-34)35-17-21-37(48-8)22-18-35/h9-11,13-22,25,28-29,31-32H,12,24,26-27H2,1-8H3,(H,42,45,46)/t31-,32-,52?/m1/s1. The van der Waals surface area contributed by atoms with E-state index < -0.39 is 37.4 Å². The number of hydrogen-bond acceptors (Lipinski definition) is 9. The van der Waals surface area contributed by atoms with Gasteiger partial charge in [0.25, 0.3) is 14.1 Å². The smallest absolute Gasteiger partial charge is 0.328 e. The number of aryl methyl sites for hydroxylation is 1. The summed E-state index contributed by atoms with van der Waals surface area (Å²) in [6.45, 7) is 12.5. The Morgan fingerprint density at radius 1 is 0.846 bits per heavy atom. The third kappa shape index (κ3) is 9.77. The maximum absolute atomic E-state index is 13.2. The monoisotopic (exact) mass is 730 g/mol. The number of hydrogen-bond donors (Lipinski definition) is 1. The molecule has 0 aliphatic heterocycles. The number of nitriles is 1. The zero-order valence-electron chi connectivity index (χ0n) is 31.4. The fourth-order valence-corrected chi connectivity index (χ4v) is 7.93. The molecule has 4 rings (SSSR count). The number of aromatic amines is 1. The van der Waals surface area contributed by atoms with Crippen LogP contribution in [0.25, 0.3) is 0 Å². The first-order chi connectivity index (χ1) is 24.9. The van der Waals surface area contributed by atoms with Gasteiger partial charge < -0.3 is 23.3 Å². The molecule has 4 aromatic rings. The molecule has 0 fully saturated rings. The molecule has 12 heteroatoms. The van der Waals surface area contributed by atoms with E-state index in [0.717, 1.165) is 16.7 Å². The number of aromatic nitrogens is 2. The Morgan fingerprint density at radius 3 is 1.88 bits per heavy atom. The fourth-order valence-electron chi connectivity index (χ4n) is 6.17. The first-order valence-corrected chi connectivity index (χ1v) is 18.6. The highest BCUT2D eigenvalue weighted by Crippen LogP contribution is 2.48. The second-order valence-corrected chi connectivity index (χ2v) is 14.6. The summed E-state index contributed by atoms with van der Waals surface area (Å²) < 4.78 is 35.0. The maximum atomic E-state index is 13.2. The van der Waals surface area contributed by atoms with Gasteiger partial charge in [-0.1, -0.05) is 54.6 Å². The minimum absolute atomic E-state index is 0.0930. The number of H-pyrrole nitrogens is 1. The largest absolute Gasteiger partial charge is 0.497 e. The van der Waals surface area contributed by atoms with Gasteiger partial charge in [0, 0.05) is 36.3 Å². The van der Waals surface area contributed by atoms with Crippen molar-refractivity contribution in [2.75, 3.05) is 27.4 Å². The molecule has 1 unspecified atom stereocenters. The van der Waals surface area contributed by atoms with Gasteiger partial charge in [0.1, 0.15) is 17.1 Å². The topological polar surface area (TPSA) is 128 Å². The molecule has 52 heavy (non-hydrogen) atoms. The van der Waals surface area contributed by atoms with Crippen molar-refractivity contribution in [1.82, 2.24) is 14.2 Å². The first kappa shape index (κ1) is 40.5. The van der Waals surface area contributed by atoms with E-state index in [0.29, 0.717) is 17.1 Å². The van der Waals surface area contributed by atoms with Gasteiger partial charge in [0.2, 0.25) is 0 Å². The van der Waals surface area contributed by atoms with Crippen molar-refractivity contribution in [1.29, 1.82) is 5.26 Å². The molecular weight excluding hydrogens is 679 g/mol. The average molecular weight is 731 g/mol. The molecule has 1 N–H and O–H groups in total. The van der Waals surface area contributed by atoms with Crippen LogP contribution in [0.1, 0.15) is 63.3 Å². The van der Waals surface area contributed by atoms with Gasteiger partial charge in [-0.05, 0) is 82.5 Å². The van der Waals surface area contributed by atoms with Gasteiger partial charge >= 0.3 is 5.69 Å². The van der Waals surface area contributed by atoms with Crippen LogP contribution in [0.4, 0.5) is 0 Å². The number of benzene rings is 3. The molecule has 3 atom stereocenters. The third-order valence-corrected chi connectivity index (χ3v) is 11.1. The summed E-state index contributed by atoms with van der Waals surface area (Å²) >= 11 is 0. The van der Waals surface area contributed by atoms with Crippen molar-refractivity contribution in [2.45, 2.75) is 78.3 Å². The Kier molecular flexibility index (Phi) is 14.8. The Balaban J connectivity index is 1.86. The molecule has 0 radical (unpaired) electrons. The Labute approximate surface area is 308 Å². The van der Waals surface area contributed by atoms with E-state index in [1.807, 2.05) is 85.8 Å². The van der Waals surface area contributed by atoms with Gasteiger partial charge in [-0.25, -0.2) is 9.46 Å². The van der Waals surface area contributed by atoms with Crippen LogP contribution in [0.15, 0.2) is 94.6 Å². The molecule has 1 heterocycles. The fraction of sp³-hybridized carbons (Fsp3) is 0.425. The van der Waals surface area contributed by atoms with E-state index in [2.05, 4.69) is 43.4 Å². The second-order valence-electron chi connectivity index (χ2n) is 13.2. The summed E-state index contributed by atoms with van der Waals surface area (Å²) in [5, 5.41) is 9.26. The van der Waals surface area contributed by atoms with Crippen molar-refractivity contribution in [3.8, 4) is 17.6 Å². The van der Waals surface area contributed by atoms with Crippen LogP contribution in [-0.4, -0.2) is 59.8 Å². The molecular formula is C40H51N4O7P. The minimum Gasteiger partial charge on any atom is -0.497 e. The molecule has 0 aliphatic rings. The van der Waals surface area contributed by atoms with Crippen LogP contribution in [0.2, 0.25) is 0 Å². The highest BCUT2D eigenvalue weighted by Gasteiger charge is 2.40. The molecule has 11 nitrogen and oxygen atoms in total. The van der Waals surface area contributed by atoms with Crippen LogP contribution in [-0.2, 0) is 25.9 Å². The quantitative estimate of drug-likeness (QED) is 0.0607. The van der Waals surface area contributed by atoms with Crippen LogP contribution in [0, 0.1) is 24.2 Å². The lowest BCUT2D eigenvalue weighted by Gasteiger charge is -2.40. The molecule has 0 aliphatic carbocycles. The summed E-state index contributed by atoms with van der Waals surface area (Å²) in [4.78, 5) is 27.9. The van der Waals surface area contributed by atoms with Crippen LogP contribution >= 0.6 is 8.53 Å². The summed E-state index contributed by atoms with van der Waals surface area (Å²) in [5.41, 5.74) is 0.965. The van der Waals surface area contributed by atoms with Crippen molar-refractivity contribution in [3.05, 3.63) is 128 Å². The van der Waals surface area contributed by atoms with Crippen LogP contribution < -0.4 is 20.7 Å². The zero-order chi connectivity index (χ0) is 37.8. The summed E-state index contributed by atoms with van der Waals surface area (Å²) in [7, 11) is 1.65. The average Bonchev–Trinajstić information content (AvgIpc) is 3.14. The lowest BCUT2D eigenvalue weighted by Crippen LogP contribution is -2.41. The third-order valence-electron chi connectivity index (χ3n) is 8.89. The molecule has 0 saturated heterocycles. The summed E-state index contributed by atoms with van der Waals surface area (Å²) in [5.74, 6) is 0.990. The zero-order valence-corrected chi connectivity index (χ0v) is 32.3. The molecule has 0 amide bonds.